The van der Waals surface area contributed by atoms with Crippen LogP contribution in [0.15, 0.2) is 29.2 Å². The van der Waals surface area contributed by atoms with Gasteiger partial charge >= 0.3 is 0 Å². The number of hydrogen-bond donors (Lipinski definition) is 1. The molecular formula is C11H17NS. The Hall–Kier alpha value is -0.470. The molecule has 2 heteroatoms. The minimum Gasteiger partial charge on any atom is -0.327 e. The largest absolute Gasteiger partial charge is 0.327 e. The van der Waals surface area contributed by atoms with Gasteiger partial charge in [-0.3, -0.25) is 0 Å². The Morgan fingerprint density at radius 1 is 1.31 bits per heavy atom. The number of thioether (sulfide) groups is 1. The molecule has 1 nitrogen and oxygen atoms in total. The highest BCUT2D eigenvalue weighted by Gasteiger charge is 1.99. The summed E-state index contributed by atoms with van der Waals surface area (Å²) in [7, 11) is 0. The summed E-state index contributed by atoms with van der Waals surface area (Å²) in [6.45, 7) is 4.23. The third kappa shape index (κ3) is 3.83. The topological polar surface area (TPSA) is 26.0 Å². The van der Waals surface area contributed by atoms with E-state index >= 15 is 0 Å². The van der Waals surface area contributed by atoms with Crippen molar-refractivity contribution in [2.45, 2.75) is 31.2 Å². The molecule has 2 N–H and O–H groups in total. The highest BCUT2D eigenvalue weighted by atomic mass is 32.2. The molecular weight excluding hydrogens is 178 g/mol. The maximum Gasteiger partial charge on any atom is 0.0132 e. The lowest BCUT2D eigenvalue weighted by Crippen LogP contribution is -2.21. The lowest BCUT2D eigenvalue weighted by molar-refractivity contribution is 0.725. The van der Waals surface area contributed by atoms with Crippen LogP contribution >= 0.6 is 11.8 Å². The summed E-state index contributed by atoms with van der Waals surface area (Å²) in [4.78, 5) is 1.31. The van der Waals surface area contributed by atoms with E-state index in [9.17, 15) is 0 Å². The van der Waals surface area contributed by atoms with Crippen LogP contribution in [-0.4, -0.2) is 11.8 Å². The van der Waals surface area contributed by atoms with Gasteiger partial charge in [-0.05, 0) is 25.5 Å². The average molecular weight is 195 g/mol. The van der Waals surface area contributed by atoms with Gasteiger partial charge < -0.3 is 5.73 Å². The molecule has 0 radical (unpaired) electrons. The van der Waals surface area contributed by atoms with Gasteiger partial charge in [0.25, 0.3) is 0 Å². The predicted molar refractivity (Wildman–Crippen MR) is 60.2 cm³/mol. The molecule has 0 aliphatic heterocycles. The van der Waals surface area contributed by atoms with Crippen LogP contribution in [-0.2, 0) is 0 Å². The third-order valence-electron chi connectivity index (χ3n) is 2.01. The third-order valence-corrected chi connectivity index (χ3v) is 3.21. The van der Waals surface area contributed by atoms with Gasteiger partial charge in [0.2, 0.25) is 0 Å². The van der Waals surface area contributed by atoms with Crippen LogP contribution in [0.3, 0.4) is 0 Å². The quantitative estimate of drug-likeness (QED) is 0.748. The van der Waals surface area contributed by atoms with E-state index in [1.165, 1.54) is 10.5 Å². The monoisotopic (exact) mass is 195 g/mol. The van der Waals surface area contributed by atoms with E-state index in [0.717, 1.165) is 12.2 Å². The second kappa shape index (κ2) is 5.30. The van der Waals surface area contributed by atoms with Gasteiger partial charge in [0.05, 0.1) is 0 Å². The minimum atomic E-state index is 0.325. The molecule has 0 aliphatic carbocycles. The first-order valence-corrected chi connectivity index (χ1v) is 5.66. The van der Waals surface area contributed by atoms with Crippen molar-refractivity contribution in [2.75, 3.05) is 5.75 Å². The fourth-order valence-electron chi connectivity index (χ4n) is 0.956. The minimum absolute atomic E-state index is 0.325. The number of aryl methyl sites for hydroxylation is 1. The molecule has 0 unspecified atom stereocenters. The second-order valence-electron chi connectivity index (χ2n) is 3.29. The molecule has 1 atom stereocenters. The Bertz CT molecular complexity index is 243. The van der Waals surface area contributed by atoms with E-state index < -0.39 is 0 Å². The first kappa shape index (κ1) is 10.6. The van der Waals surface area contributed by atoms with Crippen LogP contribution in [0.4, 0.5) is 0 Å². The Morgan fingerprint density at radius 3 is 2.46 bits per heavy atom. The van der Waals surface area contributed by atoms with Crippen molar-refractivity contribution in [1.29, 1.82) is 0 Å². The van der Waals surface area contributed by atoms with Crippen molar-refractivity contribution in [2.24, 2.45) is 5.73 Å². The van der Waals surface area contributed by atoms with E-state index in [0.29, 0.717) is 6.04 Å². The van der Waals surface area contributed by atoms with Gasteiger partial charge in [0.15, 0.2) is 0 Å². The van der Waals surface area contributed by atoms with Crippen molar-refractivity contribution < 1.29 is 0 Å². The highest BCUT2D eigenvalue weighted by molar-refractivity contribution is 7.99. The molecule has 0 saturated carbocycles. The zero-order valence-electron chi connectivity index (χ0n) is 8.29. The maximum atomic E-state index is 5.83. The predicted octanol–water partition coefficient (Wildman–Crippen LogP) is 2.82. The smallest absolute Gasteiger partial charge is 0.0132 e. The van der Waals surface area contributed by atoms with E-state index in [2.05, 4.69) is 38.1 Å². The van der Waals surface area contributed by atoms with Gasteiger partial charge in [0.1, 0.15) is 0 Å². The molecule has 0 fully saturated rings. The van der Waals surface area contributed by atoms with Crippen molar-refractivity contribution >= 4 is 11.8 Å². The summed E-state index contributed by atoms with van der Waals surface area (Å²) >= 11 is 1.84. The molecule has 0 aliphatic rings. The molecule has 0 bridgehead atoms. The fourth-order valence-corrected chi connectivity index (χ4v) is 1.93. The highest BCUT2D eigenvalue weighted by Crippen LogP contribution is 2.19. The molecule has 0 heterocycles. The Labute approximate surface area is 84.7 Å². The summed E-state index contributed by atoms with van der Waals surface area (Å²) < 4.78 is 0. The first-order chi connectivity index (χ1) is 6.22. The lowest BCUT2D eigenvalue weighted by Gasteiger charge is -2.07. The van der Waals surface area contributed by atoms with Crippen LogP contribution in [0.5, 0.6) is 0 Å². The van der Waals surface area contributed by atoms with E-state index in [-0.39, 0.29) is 0 Å². The van der Waals surface area contributed by atoms with E-state index in [4.69, 9.17) is 5.73 Å². The number of benzene rings is 1. The number of nitrogens with two attached hydrogens (primary N) is 1. The zero-order valence-corrected chi connectivity index (χ0v) is 9.10. The van der Waals surface area contributed by atoms with Gasteiger partial charge in [-0.2, -0.15) is 0 Å². The van der Waals surface area contributed by atoms with Crippen molar-refractivity contribution in [3.05, 3.63) is 29.8 Å². The van der Waals surface area contributed by atoms with E-state index in [1.54, 1.807) is 0 Å². The molecule has 72 valence electrons. The summed E-state index contributed by atoms with van der Waals surface area (Å²) in [6.07, 6.45) is 1.05. The fraction of sp³-hybridized carbons (Fsp3) is 0.455. The second-order valence-corrected chi connectivity index (χ2v) is 4.39. The lowest BCUT2D eigenvalue weighted by atomic mass is 10.2. The van der Waals surface area contributed by atoms with Crippen molar-refractivity contribution in [1.82, 2.24) is 0 Å². The molecule has 0 saturated heterocycles. The average Bonchev–Trinajstić information content (AvgIpc) is 2.16. The molecule has 13 heavy (non-hydrogen) atoms. The SMILES string of the molecule is CC[C@@H](N)CSc1ccc(C)cc1. The van der Waals surface area contributed by atoms with Crippen LogP contribution < -0.4 is 5.73 Å². The normalized spacial score (nSPS) is 12.8. The van der Waals surface area contributed by atoms with Crippen LogP contribution in [0.1, 0.15) is 18.9 Å². The van der Waals surface area contributed by atoms with Gasteiger partial charge in [-0.1, -0.05) is 24.6 Å². The summed E-state index contributed by atoms with van der Waals surface area (Å²) in [5.41, 5.74) is 7.14. The van der Waals surface area contributed by atoms with Gasteiger partial charge in [-0.25, -0.2) is 0 Å². The Morgan fingerprint density at radius 2 is 1.92 bits per heavy atom. The summed E-state index contributed by atoms with van der Waals surface area (Å²) in [6, 6.07) is 8.91. The molecule has 0 spiro atoms. The van der Waals surface area contributed by atoms with Crippen molar-refractivity contribution in [3.63, 3.8) is 0 Å². The van der Waals surface area contributed by atoms with Crippen LogP contribution in [0, 0.1) is 6.92 Å². The van der Waals surface area contributed by atoms with Gasteiger partial charge in [0, 0.05) is 16.7 Å². The number of hydrogen-bond acceptors (Lipinski definition) is 2. The number of rotatable bonds is 4. The first-order valence-electron chi connectivity index (χ1n) is 4.67. The maximum absolute atomic E-state index is 5.83. The Balaban J connectivity index is 2.41. The van der Waals surface area contributed by atoms with Gasteiger partial charge in [-0.15, -0.1) is 11.8 Å². The summed E-state index contributed by atoms with van der Waals surface area (Å²) in [5, 5.41) is 0. The molecule has 0 aromatic heterocycles. The standard InChI is InChI=1S/C11H17NS/c1-3-10(12)8-13-11-6-4-9(2)5-7-11/h4-7,10H,3,8,12H2,1-2H3/t10-/m1/s1. The van der Waals surface area contributed by atoms with Crippen molar-refractivity contribution in [3.8, 4) is 0 Å². The molecule has 1 aromatic rings. The molecule has 1 rings (SSSR count). The van der Waals surface area contributed by atoms with E-state index in [1.807, 2.05) is 11.8 Å². The van der Waals surface area contributed by atoms with Crippen LogP contribution in [0.2, 0.25) is 0 Å². The summed E-state index contributed by atoms with van der Waals surface area (Å²) in [5.74, 6) is 1.01. The zero-order chi connectivity index (χ0) is 9.68. The Kier molecular flexibility index (Phi) is 4.33. The molecule has 0 amide bonds. The molecule has 1 aromatic carbocycles. The van der Waals surface area contributed by atoms with Crippen LogP contribution in [0.25, 0.3) is 0 Å².